The number of carbonyl (C=O) groups is 1. The van der Waals surface area contributed by atoms with Crippen LogP contribution in [0.15, 0.2) is 72.6 Å². The van der Waals surface area contributed by atoms with E-state index in [0.29, 0.717) is 12.3 Å². The van der Waals surface area contributed by atoms with Crippen molar-refractivity contribution in [2.24, 2.45) is 0 Å². The maximum absolute atomic E-state index is 13.0. The second-order valence-corrected chi connectivity index (χ2v) is 6.95. The Morgan fingerprint density at radius 1 is 1.03 bits per heavy atom. The molecule has 4 rings (SSSR count). The van der Waals surface area contributed by atoms with Gasteiger partial charge in [-0.3, -0.25) is 4.79 Å². The van der Waals surface area contributed by atoms with Crippen LogP contribution in [0.2, 0.25) is 0 Å². The molecule has 5 heteroatoms. The number of aromatic nitrogens is 1. The molecule has 0 N–H and O–H groups in total. The number of halogens is 2. The van der Waals surface area contributed by atoms with Crippen molar-refractivity contribution in [3.63, 3.8) is 0 Å². The number of carbonyl (C=O) groups excluding carboxylic acids is 1. The molecule has 1 aliphatic carbocycles. The Hall–Kier alpha value is -2.79. The summed E-state index contributed by atoms with van der Waals surface area (Å²) in [6, 6.07) is 16.2. The van der Waals surface area contributed by atoms with E-state index in [-0.39, 0.29) is 28.6 Å². The first-order valence-corrected chi connectivity index (χ1v) is 9.28. The maximum Gasteiger partial charge on any atom is 0.189 e. The van der Waals surface area contributed by atoms with Crippen LogP contribution in [0.5, 0.6) is 5.75 Å². The lowest BCUT2D eigenvalue weighted by molar-refractivity contribution is -0.688. The van der Waals surface area contributed by atoms with Crippen molar-refractivity contribution in [3.8, 4) is 5.75 Å². The van der Waals surface area contributed by atoms with Gasteiger partial charge in [0.15, 0.2) is 24.7 Å². The van der Waals surface area contributed by atoms with Gasteiger partial charge in [0.05, 0.1) is 7.11 Å². The molecule has 29 heavy (non-hydrogen) atoms. The highest BCUT2D eigenvalue weighted by Crippen LogP contribution is 2.29. The van der Waals surface area contributed by atoms with Gasteiger partial charge in [0.2, 0.25) is 0 Å². The number of nitrogens with zero attached hydrogens (tertiary/aromatic N) is 1. The van der Waals surface area contributed by atoms with Gasteiger partial charge in [0.25, 0.3) is 0 Å². The number of methoxy groups -OCH3 is 1. The molecule has 0 spiro atoms. The van der Waals surface area contributed by atoms with Gasteiger partial charge in [-0.2, -0.15) is 0 Å². The number of ketones is 1. The summed E-state index contributed by atoms with van der Waals surface area (Å²) in [4.78, 5) is 12.9. The van der Waals surface area contributed by atoms with Crippen LogP contribution in [0.1, 0.15) is 33.5 Å². The molecule has 1 aromatic heterocycles. The molecule has 0 unspecified atom stereocenters. The molecule has 0 saturated heterocycles. The largest absolute Gasteiger partial charge is 1.00 e. The van der Waals surface area contributed by atoms with Crippen molar-refractivity contribution in [1.29, 1.82) is 0 Å². The minimum atomic E-state index is -0.230. The summed E-state index contributed by atoms with van der Waals surface area (Å²) in [5.41, 5.74) is 4.65. The molecule has 3 nitrogen and oxygen atoms in total. The average molecular weight is 454 g/mol. The van der Waals surface area contributed by atoms with Crippen molar-refractivity contribution in [3.05, 3.63) is 101 Å². The van der Waals surface area contributed by atoms with E-state index in [1.54, 1.807) is 19.2 Å². The number of ether oxygens (including phenoxy) is 1. The lowest BCUT2D eigenvalue weighted by Crippen LogP contribution is -3.00. The SMILES string of the molecule is COc1ccc2c(c1)C(=O)C(=Cc1cc[n+](Cc3ccc(F)cc3)cc1)CC2.[Br-]. The number of benzene rings is 2. The van der Waals surface area contributed by atoms with E-state index in [9.17, 15) is 9.18 Å². The molecule has 0 aliphatic heterocycles. The molecule has 0 bridgehead atoms. The van der Waals surface area contributed by atoms with Gasteiger partial charge in [0, 0.05) is 28.8 Å². The van der Waals surface area contributed by atoms with Gasteiger partial charge in [0.1, 0.15) is 11.6 Å². The number of rotatable bonds is 4. The zero-order valence-corrected chi connectivity index (χ0v) is 17.7. The first-order valence-electron chi connectivity index (χ1n) is 9.28. The standard InChI is InChI=1S/C24H21FNO2.BrH/c1-28-22-9-6-19-4-5-20(24(27)23(19)15-22)14-17-10-12-26(13-11-17)16-18-2-7-21(25)8-3-18;/h2-3,6-15H,4-5,16H2,1H3;1H/q+1;/p-1. The van der Waals surface area contributed by atoms with Gasteiger partial charge in [-0.05, 0) is 66.4 Å². The summed E-state index contributed by atoms with van der Waals surface area (Å²) in [5, 5.41) is 0. The van der Waals surface area contributed by atoms with Gasteiger partial charge < -0.3 is 21.7 Å². The number of hydrogen-bond donors (Lipinski definition) is 0. The van der Waals surface area contributed by atoms with Crippen LogP contribution >= 0.6 is 0 Å². The molecule has 0 amide bonds. The maximum atomic E-state index is 13.0. The third-order valence-corrected chi connectivity index (χ3v) is 5.05. The van der Waals surface area contributed by atoms with Crippen molar-refractivity contribution in [2.45, 2.75) is 19.4 Å². The summed E-state index contributed by atoms with van der Waals surface area (Å²) in [7, 11) is 1.61. The van der Waals surface area contributed by atoms with Crippen molar-refractivity contribution in [1.82, 2.24) is 0 Å². The fraction of sp³-hybridized carbons (Fsp3) is 0.167. The van der Waals surface area contributed by atoms with E-state index in [1.165, 1.54) is 12.1 Å². The van der Waals surface area contributed by atoms with Crippen molar-refractivity contribution < 1.29 is 35.5 Å². The third kappa shape index (κ3) is 4.80. The summed E-state index contributed by atoms with van der Waals surface area (Å²) >= 11 is 0. The molecule has 0 fully saturated rings. The van der Waals surface area contributed by atoms with E-state index in [2.05, 4.69) is 0 Å². The Morgan fingerprint density at radius 3 is 2.45 bits per heavy atom. The van der Waals surface area contributed by atoms with E-state index in [1.807, 2.05) is 53.4 Å². The molecule has 1 aliphatic rings. The third-order valence-electron chi connectivity index (χ3n) is 5.05. The predicted octanol–water partition coefficient (Wildman–Crippen LogP) is 1.39. The number of Topliss-reactive ketones (excluding diaryl/α,β-unsaturated/α-hetero) is 1. The Morgan fingerprint density at radius 2 is 1.76 bits per heavy atom. The molecule has 0 atom stereocenters. The predicted molar refractivity (Wildman–Crippen MR) is 106 cm³/mol. The summed E-state index contributed by atoms with van der Waals surface area (Å²) in [6.45, 7) is 0.670. The Kier molecular flexibility index (Phi) is 6.60. The molecule has 2 aromatic carbocycles. The average Bonchev–Trinajstić information content (AvgIpc) is 2.73. The lowest BCUT2D eigenvalue weighted by atomic mass is 9.86. The van der Waals surface area contributed by atoms with E-state index < -0.39 is 0 Å². The Labute approximate surface area is 180 Å². The number of hydrogen-bond acceptors (Lipinski definition) is 2. The number of pyridine rings is 1. The fourth-order valence-electron chi connectivity index (χ4n) is 3.48. The molecular weight excluding hydrogens is 433 g/mol. The van der Waals surface area contributed by atoms with Gasteiger partial charge >= 0.3 is 0 Å². The van der Waals surface area contributed by atoms with E-state index in [4.69, 9.17) is 4.74 Å². The number of fused-ring (bicyclic) bond motifs is 1. The molecule has 1 heterocycles. The first kappa shape index (κ1) is 20.9. The minimum Gasteiger partial charge on any atom is -1.00 e. The second kappa shape index (κ2) is 9.14. The second-order valence-electron chi connectivity index (χ2n) is 6.95. The number of allylic oxidation sites excluding steroid dienone is 1. The van der Waals surface area contributed by atoms with Crippen molar-refractivity contribution in [2.75, 3.05) is 7.11 Å². The normalized spacial score (nSPS) is 14.3. The van der Waals surface area contributed by atoms with Crippen LogP contribution in [0.3, 0.4) is 0 Å². The fourth-order valence-corrected chi connectivity index (χ4v) is 3.48. The van der Waals surface area contributed by atoms with Crippen LogP contribution in [0.4, 0.5) is 4.39 Å². The van der Waals surface area contributed by atoms with Gasteiger partial charge in [-0.1, -0.05) is 6.07 Å². The number of aryl methyl sites for hydroxylation is 1. The van der Waals surface area contributed by atoms with Crippen LogP contribution in [0, 0.1) is 5.82 Å². The van der Waals surface area contributed by atoms with Crippen LogP contribution in [-0.4, -0.2) is 12.9 Å². The van der Waals surface area contributed by atoms with Crippen LogP contribution in [-0.2, 0) is 13.0 Å². The summed E-state index contributed by atoms with van der Waals surface area (Å²) in [5.74, 6) is 0.546. The first-order chi connectivity index (χ1) is 13.6. The monoisotopic (exact) mass is 453 g/mol. The molecule has 3 aromatic rings. The minimum absolute atomic E-state index is 0. The zero-order valence-electron chi connectivity index (χ0n) is 16.1. The molecule has 148 valence electrons. The quantitative estimate of drug-likeness (QED) is 0.441. The Balaban J connectivity index is 0.00000240. The smallest absolute Gasteiger partial charge is 0.189 e. The topological polar surface area (TPSA) is 30.2 Å². The summed E-state index contributed by atoms with van der Waals surface area (Å²) < 4.78 is 20.3. The molecule has 0 radical (unpaired) electrons. The highest BCUT2D eigenvalue weighted by atomic mass is 79.9. The van der Waals surface area contributed by atoms with Crippen molar-refractivity contribution >= 4 is 11.9 Å². The lowest BCUT2D eigenvalue weighted by Gasteiger charge is -2.18. The van der Waals surface area contributed by atoms with Crippen LogP contribution in [0.25, 0.3) is 6.08 Å². The highest BCUT2D eigenvalue weighted by Gasteiger charge is 2.22. The van der Waals surface area contributed by atoms with Gasteiger partial charge in [-0.25, -0.2) is 8.96 Å². The Bertz CT molecular complexity index is 1040. The zero-order chi connectivity index (χ0) is 19.5. The van der Waals surface area contributed by atoms with E-state index in [0.717, 1.165) is 40.7 Å². The van der Waals surface area contributed by atoms with Gasteiger partial charge in [-0.15, -0.1) is 0 Å². The van der Waals surface area contributed by atoms with Crippen LogP contribution < -0.4 is 26.3 Å². The summed E-state index contributed by atoms with van der Waals surface area (Å²) in [6.07, 6.45) is 7.50. The van der Waals surface area contributed by atoms with E-state index >= 15 is 0 Å². The molecular formula is C24H21BrFNO2. The highest BCUT2D eigenvalue weighted by molar-refractivity contribution is 6.13. The molecule has 0 saturated carbocycles.